The molecule has 2 nitrogen and oxygen atoms in total. The monoisotopic (exact) mass is 304 g/mol. The molecule has 2 heterocycles. The molecule has 0 fully saturated rings. The fourth-order valence-corrected chi connectivity index (χ4v) is 3.70. The maximum absolute atomic E-state index is 4.47. The molecule has 1 aliphatic heterocycles. The highest BCUT2D eigenvalue weighted by Gasteiger charge is 2.17. The summed E-state index contributed by atoms with van der Waals surface area (Å²) < 4.78 is 1.19. The highest BCUT2D eigenvalue weighted by molar-refractivity contribution is 9.11. The molecule has 1 unspecified atom stereocenters. The van der Waals surface area contributed by atoms with Crippen LogP contribution in [0.25, 0.3) is 0 Å². The Hall–Kier alpha value is -0.000000000000000111. The minimum atomic E-state index is 0.683. The Balaban J connectivity index is 1.80. The smallest absolute Gasteiger partial charge is 0.157 e. The summed E-state index contributed by atoms with van der Waals surface area (Å²) in [5.74, 6) is 0. The summed E-state index contributed by atoms with van der Waals surface area (Å²) in [6.45, 7) is 4.07. The third-order valence-electron chi connectivity index (χ3n) is 2.21. The standard InChI is InChI=1S/C10H13BrN2S2/c1-2-7-5-12-10(15-7)13-6-8-3-4-9(11)14-8/h3-4,7H,2,5-6H2,1H3,(H,12,13). The van der Waals surface area contributed by atoms with Crippen LogP contribution in [-0.2, 0) is 6.54 Å². The van der Waals surface area contributed by atoms with Crippen molar-refractivity contribution in [2.75, 3.05) is 6.54 Å². The van der Waals surface area contributed by atoms with E-state index in [4.69, 9.17) is 0 Å². The van der Waals surface area contributed by atoms with Gasteiger partial charge < -0.3 is 5.32 Å². The van der Waals surface area contributed by atoms with Crippen molar-refractivity contribution in [3.63, 3.8) is 0 Å². The van der Waals surface area contributed by atoms with Crippen LogP contribution in [0.2, 0.25) is 0 Å². The highest BCUT2D eigenvalue weighted by atomic mass is 79.9. The van der Waals surface area contributed by atoms with Crippen LogP contribution in [-0.4, -0.2) is 17.0 Å². The van der Waals surface area contributed by atoms with E-state index in [2.05, 4.69) is 45.3 Å². The second-order valence-electron chi connectivity index (χ2n) is 3.35. The van der Waals surface area contributed by atoms with Crippen LogP contribution in [0.4, 0.5) is 0 Å². The lowest BCUT2D eigenvalue weighted by atomic mass is 10.3. The first-order valence-electron chi connectivity index (χ1n) is 4.97. The van der Waals surface area contributed by atoms with Crippen LogP contribution in [0.5, 0.6) is 0 Å². The molecule has 1 N–H and O–H groups in total. The summed E-state index contributed by atoms with van der Waals surface area (Å²) in [4.78, 5) is 5.81. The van der Waals surface area contributed by atoms with Crippen molar-refractivity contribution in [2.45, 2.75) is 25.1 Å². The minimum absolute atomic E-state index is 0.683. The largest absolute Gasteiger partial charge is 0.360 e. The number of hydrogen-bond acceptors (Lipinski definition) is 4. The van der Waals surface area contributed by atoms with Gasteiger partial charge in [0.25, 0.3) is 0 Å². The average Bonchev–Trinajstić information content (AvgIpc) is 2.83. The van der Waals surface area contributed by atoms with Crippen molar-refractivity contribution in [3.05, 3.63) is 20.8 Å². The van der Waals surface area contributed by atoms with Gasteiger partial charge in [0, 0.05) is 10.1 Å². The second kappa shape index (κ2) is 5.37. The van der Waals surface area contributed by atoms with Crippen LogP contribution < -0.4 is 5.32 Å². The van der Waals surface area contributed by atoms with E-state index >= 15 is 0 Å². The first kappa shape index (κ1) is 11.5. The normalized spacial score (nSPS) is 20.4. The highest BCUT2D eigenvalue weighted by Crippen LogP contribution is 2.24. The van der Waals surface area contributed by atoms with Gasteiger partial charge in [0.15, 0.2) is 5.17 Å². The van der Waals surface area contributed by atoms with Crippen molar-refractivity contribution in [1.29, 1.82) is 0 Å². The predicted molar refractivity (Wildman–Crippen MR) is 72.8 cm³/mol. The molecule has 0 radical (unpaired) electrons. The number of nitrogens with zero attached hydrogens (tertiary/aromatic N) is 1. The van der Waals surface area contributed by atoms with Crippen LogP contribution in [0, 0.1) is 0 Å². The van der Waals surface area contributed by atoms with E-state index in [-0.39, 0.29) is 0 Å². The summed E-state index contributed by atoms with van der Waals surface area (Å²) in [6, 6.07) is 4.22. The topological polar surface area (TPSA) is 24.4 Å². The van der Waals surface area contributed by atoms with Gasteiger partial charge in [0.2, 0.25) is 0 Å². The lowest BCUT2D eigenvalue weighted by molar-refractivity contribution is 0.840. The van der Waals surface area contributed by atoms with E-state index in [1.807, 2.05) is 11.8 Å². The molecule has 2 rings (SSSR count). The number of hydrogen-bond donors (Lipinski definition) is 1. The number of aliphatic imine (C=N–C) groups is 1. The second-order valence-corrected chi connectivity index (χ2v) is 7.19. The molecule has 1 aliphatic rings. The van der Waals surface area contributed by atoms with Crippen molar-refractivity contribution >= 4 is 44.2 Å². The van der Waals surface area contributed by atoms with Crippen LogP contribution >= 0.6 is 39.0 Å². The van der Waals surface area contributed by atoms with E-state index in [0.29, 0.717) is 5.25 Å². The minimum Gasteiger partial charge on any atom is -0.360 e. The Bertz CT molecular complexity index is 362. The molecule has 1 atom stereocenters. The SMILES string of the molecule is CCC1CN=C(NCc2ccc(Br)s2)S1. The van der Waals surface area contributed by atoms with Gasteiger partial charge in [-0.25, -0.2) is 0 Å². The van der Waals surface area contributed by atoms with Gasteiger partial charge in [-0.05, 0) is 34.5 Å². The third-order valence-corrected chi connectivity index (χ3v) is 5.15. The number of thiophene rings is 1. The third kappa shape index (κ3) is 3.23. The lowest BCUT2D eigenvalue weighted by Crippen LogP contribution is -2.18. The molecule has 0 spiro atoms. The molecule has 0 bridgehead atoms. The fourth-order valence-electron chi connectivity index (χ4n) is 1.34. The van der Waals surface area contributed by atoms with Crippen molar-refractivity contribution in [3.8, 4) is 0 Å². The molecule has 1 aromatic heterocycles. The summed E-state index contributed by atoms with van der Waals surface area (Å²) in [5.41, 5.74) is 0. The van der Waals surface area contributed by atoms with Crippen LogP contribution in [0.1, 0.15) is 18.2 Å². The Labute approximate surface area is 107 Å². The molecule has 0 aromatic carbocycles. The first-order valence-corrected chi connectivity index (χ1v) is 7.46. The maximum Gasteiger partial charge on any atom is 0.157 e. The van der Waals surface area contributed by atoms with Crippen LogP contribution in [0.3, 0.4) is 0 Å². The Morgan fingerprint density at radius 1 is 1.60 bits per heavy atom. The lowest BCUT2D eigenvalue weighted by Gasteiger charge is -2.05. The van der Waals surface area contributed by atoms with Gasteiger partial charge in [-0.3, -0.25) is 4.99 Å². The molecule has 82 valence electrons. The van der Waals surface area contributed by atoms with Crippen molar-refractivity contribution in [1.82, 2.24) is 5.32 Å². The molecule has 0 saturated heterocycles. The molecular weight excluding hydrogens is 292 g/mol. The van der Waals surface area contributed by atoms with E-state index in [0.717, 1.165) is 18.3 Å². The molecule has 0 aliphatic carbocycles. The summed E-state index contributed by atoms with van der Waals surface area (Å²) in [6.07, 6.45) is 1.20. The molecule has 15 heavy (non-hydrogen) atoms. The zero-order valence-electron chi connectivity index (χ0n) is 8.50. The van der Waals surface area contributed by atoms with Gasteiger partial charge >= 0.3 is 0 Å². The molecule has 1 aromatic rings. The molecular formula is C10H13BrN2S2. The van der Waals surface area contributed by atoms with Crippen LogP contribution in [0.15, 0.2) is 20.9 Å². The van der Waals surface area contributed by atoms with Crippen molar-refractivity contribution in [2.24, 2.45) is 4.99 Å². The van der Waals surface area contributed by atoms with Gasteiger partial charge in [0.1, 0.15) is 0 Å². The van der Waals surface area contributed by atoms with Crippen molar-refractivity contribution < 1.29 is 0 Å². The number of amidine groups is 1. The van der Waals surface area contributed by atoms with Gasteiger partial charge in [-0.1, -0.05) is 18.7 Å². The number of rotatable bonds is 3. The molecule has 0 saturated carbocycles. The first-order chi connectivity index (χ1) is 7.28. The Morgan fingerprint density at radius 3 is 3.07 bits per heavy atom. The van der Waals surface area contributed by atoms with Gasteiger partial charge in [-0.15, -0.1) is 11.3 Å². The van der Waals surface area contributed by atoms with Gasteiger partial charge in [0.05, 0.1) is 16.9 Å². The summed E-state index contributed by atoms with van der Waals surface area (Å²) in [7, 11) is 0. The predicted octanol–water partition coefficient (Wildman–Crippen LogP) is 3.48. The zero-order valence-corrected chi connectivity index (χ0v) is 11.7. The summed E-state index contributed by atoms with van der Waals surface area (Å²) in [5, 5.41) is 5.16. The van der Waals surface area contributed by atoms with E-state index < -0.39 is 0 Å². The average molecular weight is 305 g/mol. The van der Waals surface area contributed by atoms with E-state index in [1.54, 1.807) is 11.3 Å². The molecule has 5 heteroatoms. The zero-order chi connectivity index (χ0) is 10.7. The fraction of sp³-hybridized carbons (Fsp3) is 0.500. The number of nitrogens with one attached hydrogen (secondary N) is 1. The Morgan fingerprint density at radius 2 is 2.47 bits per heavy atom. The summed E-state index contributed by atoms with van der Waals surface area (Å²) >= 11 is 7.10. The Kier molecular flexibility index (Phi) is 4.11. The quantitative estimate of drug-likeness (QED) is 0.924. The van der Waals surface area contributed by atoms with Gasteiger partial charge in [-0.2, -0.15) is 0 Å². The number of thioether (sulfide) groups is 1. The van der Waals surface area contributed by atoms with E-state index in [9.17, 15) is 0 Å². The number of halogens is 1. The van der Waals surface area contributed by atoms with E-state index in [1.165, 1.54) is 15.1 Å². The molecule has 0 amide bonds. The maximum atomic E-state index is 4.47.